The van der Waals surface area contributed by atoms with Crippen LogP contribution in [0.15, 0.2) is 72.8 Å². The molecule has 2 aliphatic rings. The van der Waals surface area contributed by atoms with Crippen molar-refractivity contribution >= 4 is 21.5 Å². The first-order valence-electron chi connectivity index (χ1n) is 12.1. The van der Waals surface area contributed by atoms with Crippen LogP contribution in [0.1, 0.15) is 69.4 Å². The molecule has 0 spiro atoms. The predicted octanol–water partition coefficient (Wildman–Crippen LogP) is 6.51. The van der Waals surface area contributed by atoms with E-state index < -0.39 is 16.4 Å². The van der Waals surface area contributed by atoms with Crippen LogP contribution in [0.3, 0.4) is 0 Å². The number of fused-ring (bicyclic) bond motifs is 1. The predicted molar refractivity (Wildman–Crippen MR) is 135 cm³/mol. The molecule has 0 amide bonds. The molecule has 0 aromatic heterocycles. The monoisotopic (exact) mass is 465 g/mol. The smallest absolute Gasteiger partial charge is 0.255 e. The zero-order valence-corrected chi connectivity index (χ0v) is 20.3. The fourth-order valence-electron chi connectivity index (χ4n) is 6.14. The summed E-state index contributed by atoms with van der Waals surface area (Å²) in [6.07, 6.45) is 7.63. The maximum Gasteiger partial charge on any atom is 0.333 e. The quantitative estimate of drug-likeness (QED) is 0.407. The topological polar surface area (TPSA) is 69.4 Å². The fraction of sp³-hybridized carbons (Fsp3) is 0.429. The van der Waals surface area contributed by atoms with Gasteiger partial charge in [-0.3, -0.25) is 4.18 Å². The second-order valence-electron chi connectivity index (χ2n) is 9.45. The van der Waals surface area contributed by atoms with Gasteiger partial charge in [-0.05, 0) is 54.4 Å². The van der Waals surface area contributed by atoms with E-state index in [-0.39, 0.29) is 11.3 Å². The van der Waals surface area contributed by atoms with Gasteiger partial charge in [0.1, 0.15) is 0 Å². The first-order valence-corrected chi connectivity index (χ1v) is 13.6. The summed E-state index contributed by atoms with van der Waals surface area (Å²) in [4.78, 5) is 0. The van der Waals surface area contributed by atoms with E-state index in [0.29, 0.717) is 6.42 Å². The molecule has 0 bridgehead atoms. The van der Waals surface area contributed by atoms with Crippen molar-refractivity contribution in [2.24, 2.45) is 16.5 Å². The maximum absolute atomic E-state index is 11.9. The molecule has 5 heteroatoms. The SMILES string of the molecule is C=C(c1ccccc1)C12CCC(OS(N)(=O)=O)C1CC(CCCCCC)=C2c1ccccc1. The largest absolute Gasteiger partial charge is 0.333 e. The number of benzene rings is 2. The van der Waals surface area contributed by atoms with E-state index in [2.05, 4.69) is 49.9 Å². The lowest BCUT2D eigenvalue weighted by Crippen LogP contribution is -2.33. The summed E-state index contributed by atoms with van der Waals surface area (Å²) in [7, 11) is -4.04. The van der Waals surface area contributed by atoms with Gasteiger partial charge in [0, 0.05) is 11.3 Å². The van der Waals surface area contributed by atoms with Gasteiger partial charge in [0.2, 0.25) is 0 Å². The molecule has 33 heavy (non-hydrogen) atoms. The summed E-state index contributed by atoms with van der Waals surface area (Å²) in [5.41, 5.74) is 5.74. The molecule has 1 saturated carbocycles. The fourth-order valence-corrected chi connectivity index (χ4v) is 6.72. The minimum absolute atomic E-state index is 0.0000811. The van der Waals surface area contributed by atoms with Crippen molar-refractivity contribution in [1.82, 2.24) is 0 Å². The Hall–Kier alpha value is -2.21. The van der Waals surface area contributed by atoms with Gasteiger partial charge in [0.15, 0.2) is 0 Å². The standard InChI is InChI=1S/C28H35NO3S/c1-3-4-5-8-17-24-20-25-26(32-33(29,30)31)18-19-28(25,21(2)22-13-9-6-10-14-22)27(24)23-15-11-7-12-16-23/h6-7,9-16,25-26H,2-5,8,17-20H2,1H3,(H2,29,30,31). The Labute approximate surface area is 198 Å². The molecule has 0 aliphatic heterocycles. The summed E-state index contributed by atoms with van der Waals surface area (Å²) in [6.45, 7) is 6.85. The molecular weight excluding hydrogens is 430 g/mol. The Morgan fingerprint density at radius 2 is 1.73 bits per heavy atom. The van der Waals surface area contributed by atoms with Crippen LogP contribution in [0.4, 0.5) is 0 Å². The highest BCUT2D eigenvalue weighted by molar-refractivity contribution is 7.84. The number of hydrogen-bond donors (Lipinski definition) is 1. The molecule has 2 N–H and O–H groups in total. The van der Waals surface area contributed by atoms with Crippen molar-refractivity contribution in [2.75, 3.05) is 0 Å². The Morgan fingerprint density at radius 3 is 2.36 bits per heavy atom. The molecule has 4 rings (SSSR count). The second-order valence-corrected chi connectivity index (χ2v) is 10.6. The number of allylic oxidation sites excluding steroid dienone is 3. The second kappa shape index (κ2) is 9.96. The van der Waals surface area contributed by atoms with Gasteiger partial charge in [-0.1, -0.05) is 99.0 Å². The lowest BCUT2D eigenvalue weighted by atomic mass is 9.66. The van der Waals surface area contributed by atoms with Crippen LogP contribution in [0.25, 0.3) is 11.1 Å². The van der Waals surface area contributed by atoms with E-state index in [1.165, 1.54) is 36.0 Å². The van der Waals surface area contributed by atoms with Crippen molar-refractivity contribution in [3.8, 4) is 0 Å². The molecule has 0 heterocycles. The van der Waals surface area contributed by atoms with Gasteiger partial charge in [-0.15, -0.1) is 0 Å². The zero-order valence-electron chi connectivity index (χ0n) is 19.5. The first kappa shape index (κ1) is 23.9. The molecule has 2 aromatic rings. The van der Waals surface area contributed by atoms with Crippen molar-refractivity contribution in [3.63, 3.8) is 0 Å². The van der Waals surface area contributed by atoms with E-state index in [1.807, 2.05) is 24.3 Å². The zero-order chi connectivity index (χ0) is 23.5. The highest BCUT2D eigenvalue weighted by atomic mass is 32.2. The maximum atomic E-state index is 11.9. The van der Waals surface area contributed by atoms with Crippen LogP contribution >= 0.6 is 0 Å². The van der Waals surface area contributed by atoms with Gasteiger partial charge >= 0.3 is 10.3 Å². The van der Waals surface area contributed by atoms with Crippen molar-refractivity contribution in [1.29, 1.82) is 0 Å². The summed E-state index contributed by atoms with van der Waals surface area (Å²) >= 11 is 0. The number of unbranched alkanes of at least 4 members (excludes halogenated alkanes) is 3. The molecule has 0 saturated heterocycles. The molecular formula is C28H35NO3S. The van der Waals surface area contributed by atoms with Crippen LogP contribution < -0.4 is 5.14 Å². The average molecular weight is 466 g/mol. The number of rotatable bonds is 10. The Morgan fingerprint density at radius 1 is 1.06 bits per heavy atom. The van der Waals surface area contributed by atoms with Gasteiger partial charge in [0.05, 0.1) is 6.10 Å². The Kier molecular flexibility index (Phi) is 7.22. The number of nitrogens with two attached hydrogens (primary N) is 1. The van der Waals surface area contributed by atoms with Gasteiger partial charge in [0.25, 0.3) is 0 Å². The Balaban J connectivity index is 1.83. The molecule has 176 valence electrons. The third-order valence-electron chi connectivity index (χ3n) is 7.48. The van der Waals surface area contributed by atoms with E-state index in [0.717, 1.165) is 36.8 Å². The summed E-state index contributed by atoms with van der Waals surface area (Å²) in [5.74, 6) is -0.0000811. The third-order valence-corrected chi connectivity index (χ3v) is 8.00. The van der Waals surface area contributed by atoms with Crippen LogP contribution in [-0.2, 0) is 14.5 Å². The van der Waals surface area contributed by atoms with Crippen molar-refractivity contribution < 1.29 is 12.6 Å². The van der Waals surface area contributed by atoms with Gasteiger partial charge in [-0.2, -0.15) is 8.42 Å². The molecule has 0 radical (unpaired) electrons. The van der Waals surface area contributed by atoms with Gasteiger partial charge < -0.3 is 0 Å². The summed E-state index contributed by atoms with van der Waals surface area (Å²) in [5, 5.41) is 5.34. The highest BCUT2D eigenvalue weighted by Crippen LogP contribution is 2.66. The molecule has 1 fully saturated rings. The average Bonchev–Trinajstić information content (AvgIpc) is 3.31. The van der Waals surface area contributed by atoms with Crippen molar-refractivity contribution in [2.45, 2.75) is 64.4 Å². The normalized spacial score (nSPS) is 24.8. The Bertz CT molecular complexity index is 1110. The van der Waals surface area contributed by atoms with Crippen LogP contribution in [0, 0.1) is 11.3 Å². The number of hydrogen-bond acceptors (Lipinski definition) is 3. The van der Waals surface area contributed by atoms with Crippen molar-refractivity contribution in [3.05, 3.63) is 83.9 Å². The minimum atomic E-state index is -4.04. The van der Waals surface area contributed by atoms with Gasteiger partial charge in [-0.25, -0.2) is 5.14 Å². The van der Waals surface area contributed by atoms with E-state index in [4.69, 9.17) is 9.32 Å². The lowest BCUT2D eigenvalue weighted by molar-refractivity contribution is 0.151. The molecule has 2 aliphatic carbocycles. The first-order chi connectivity index (χ1) is 15.9. The highest BCUT2D eigenvalue weighted by Gasteiger charge is 2.58. The molecule has 3 unspecified atom stereocenters. The van der Waals surface area contributed by atoms with E-state index in [1.54, 1.807) is 0 Å². The third kappa shape index (κ3) is 4.86. The molecule has 4 nitrogen and oxygen atoms in total. The molecule has 3 atom stereocenters. The van der Waals surface area contributed by atoms with Crippen LogP contribution in [0.5, 0.6) is 0 Å². The van der Waals surface area contributed by atoms with E-state index >= 15 is 0 Å². The van der Waals surface area contributed by atoms with Crippen LogP contribution in [-0.4, -0.2) is 14.5 Å². The van der Waals surface area contributed by atoms with E-state index in [9.17, 15) is 8.42 Å². The summed E-state index contributed by atoms with van der Waals surface area (Å²) in [6, 6.07) is 20.8. The molecule has 2 aromatic carbocycles. The lowest BCUT2D eigenvalue weighted by Gasteiger charge is -2.37. The van der Waals surface area contributed by atoms with Crippen LogP contribution in [0.2, 0.25) is 0 Å². The summed E-state index contributed by atoms with van der Waals surface area (Å²) < 4.78 is 29.3. The minimum Gasteiger partial charge on any atom is -0.255 e.